The second-order valence-corrected chi connectivity index (χ2v) is 10.4. The number of benzene rings is 2. The zero-order chi connectivity index (χ0) is 25.6. The molecule has 190 valence electrons. The van der Waals surface area contributed by atoms with Crippen LogP contribution in [-0.2, 0) is 6.54 Å². The first kappa shape index (κ1) is 22.9. The summed E-state index contributed by atoms with van der Waals surface area (Å²) in [5, 5.41) is 8.87. The maximum absolute atomic E-state index is 4.95. The average Bonchev–Trinajstić information content (AvgIpc) is 3.66. The minimum atomic E-state index is 0.713. The van der Waals surface area contributed by atoms with E-state index in [0.717, 1.165) is 45.6 Å². The van der Waals surface area contributed by atoms with E-state index in [9.17, 15) is 0 Å². The fourth-order valence-corrected chi connectivity index (χ4v) is 5.64. The number of rotatable bonds is 5. The van der Waals surface area contributed by atoms with Crippen LogP contribution in [-0.4, -0.2) is 52.7 Å². The molecule has 0 saturated carbocycles. The molecule has 0 atom stereocenters. The number of imidazole rings is 2. The van der Waals surface area contributed by atoms with Gasteiger partial charge in [0.15, 0.2) is 5.82 Å². The minimum absolute atomic E-state index is 0.713. The molecule has 0 unspecified atom stereocenters. The predicted octanol–water partition coefficient (Wildman–Crippen LogP) is 5.96. The smallest absolute Gasteiger partial charge is 0.159 e. The van der Waals surface area contributed by atoms with Gasteiger partial charge in [0.1, 0.15) is 11.2 Å². The van der Waals surface area contributed by atoms with Crippen molar-refractivity contribution in [3.8, 4) is 28.3 Å². The first-order chi connectivity index (χ1) is 18.6. The number of aromatic nitrogens is 7. The lowest BCUT2D eigenvalue weighted by atomic mass is 9.98. The van der Waals surface area contributed by atoms with E-state index < -0.39 is 0 Å². The second kappa shape index (κ2) is 9.22. The fourth-order valence-electron chi connectivity index (χ4n) is 5.64. The highest BCUT2D eigenvalue weighted by atomic mass is 15.1. The van der Waals surface area contributed by atoms with Gasteiger partial charge in [0, 0.05) is 18.1 Å². The quantitative estimate of drug-likeness (QED) is 0.304. The van der Waals surface area contributed by atoms with Crippen molar-refractivity contribution in [1.82, 2.24) is 39.6 Å². The lowest BCUT2D eigenvalue weighted by Crippen LogP contribution is -2.29. The topological polar surface area (TPSA) is 91.3 Å². The summed E-state index contributed by atoms with van der Waals surface area (Å²) in [6, 6.07) is 13.4. The van der Waals surface area contributed by atoms with Gasteiger partial charge in [-0.1, -0.05) is 30.2 Å². The molecule has 2 aromatic carbocycles. The number of pyridine rings is 1. The van der Waals surface area contributed by atoms with Crippen LogP contribution in [0.5, 0.6) is 0 Å². The number of aryl methyl sites for hydroxylation is 2. The Hall–Kier alpha value is -4.30. The molecule has 2 N–H and O–H groups in total. The normalized spacial score (nSPS) is 14.6. The zero-order valence-electron chi connectivity index (χ0n) is 21.7. The lowest BCUT2D eigenvalue weighted by Gasteiger charge is -2.26. The molecule has 8 nitrogen and oxygen atoms in total. The molecule has 1 aliphatic rings. The van der Waals surface area contributed by atoms with Gasteiger partial charge in [-0.25, -0.2) is 9.97 Å². The molecular weight excluding hydrogens is 472 g/mol. The Bertz CT molecular complexity index is 1770. The number of fused-ring (bicyclic) bond motifs is 2. The molecule has 4 aromatic heterocycles. The molecule has 7 rings (SSSR count). The third-order valence-electron chi connectivity index (χ3n) is 7.48. The van der Waals surface area contributed by atoms with E-state index >= 15 is 0 Å². The fraction of sp³-hybridized carbons (Fsp3) is 0.267. The maximum atomic E-state index is 4.95. The van der Waals surface area contributed by atoms with E-state index in [-0.39, 0.29) is 0 Å². The Balaban J connectivity index is 1.27. The molecule has 0 radical (unpaired) electrons. The largest absolute Gasteiger partial charge is 0.335 e. The van der Waals surface area contributed by atoms with Crippen LogP contribution in [0.15, 0.2) is 61.3 Å². The van der Waals surface area contributed by atoms with Crippen LogP contribution in [0.2, 0.25) is 0 Å². The number of likely N-dealkylation sites (tertiary alicyclic amines) is 1. The van der Waals surface area contributed by atoms with Crippen LogP contribution in [0.4, 0.5) is 0 Å². The van der Waals surface area contributed by atoms with Crippen molar-refractivity contribution < 1.29 is 0 Å². The SMILES string of the molecule is Cc1cc(CN2CCCCC2)cc(-c2ccc3[nH]nc(-c4nc5c(-n6cnc(C)c6)cncc5[nH]4)c3c2)c1. The predicted molar refractivity (Wildman–Crippen MR) is 150 cm³/mol. The Morgan fingerprint density at radius 1 is 0.921 bits per heavy atom. The molecule has 38 heavy (non-hydrogen) atoms. The van der Waals surface area contributed by atoms with Gasteiger partial charge in [-0.15, -0.1) is 0 Å². The van der Waals surface area contributed by atoms with Crippen molar-refractivity contribution in [3.05, 3.63) is 78.1 Å². The van der Waals surface area contributed by atoms with Crippen LogP contribution in [0.1, 0.15) is 36.1 Å². The molecule has 6 aromatic rings. The first-order valence-electron chi connectivity index (χ1n) is 13.3. The number of hydrogen-bond acceptors (Lipinski definition) is 5. The number of piperidine rings is 1. The van der Waals surface area contributed by atoms with Crippen molar-refractivity contribution in [2.45, 2.75) is 39.7 Å². The Labute approximate surface area is 220 Å². The summed E-state index contributed by atoms with van der Waals surface area (Å²) in [5.41, 5.74) is 10.4. The second-order valence-electron chi connectivity index (χ2n) is 10.4. The Morgan fingerprint density at radius 2 is 1.82 bits per heavy atom. The summed E-state index contributed by atoms with van der Waals surface area (Å²) < 4.78 is 1.95. The van der Waals surface area contributed by atoms with Crippen molar-refractivity contribution in [2.24, 2.45) is 0 Å². The Kier molecular flexibility index (Phi) is 5.55. The van der Waals surface area contributed by atoms with E-state index in [4.69, 9.17) is 4.98 Å². The van der Waals surface area contributed by atoms with Gasteiger partial charge >= 0.3 is 0 Å². The standard InChI is InChI=1S/C30H30N8/c1-19-10-21(17-37-8-4-3-5-9-37)12-23(11-19)22-6-7-25-24(13-22)28(36-35-25)30-33-26-14-31-15-27(29(26)34-30)38-16-20(2)32-18-38/h6-7,10-16,18H,3-5,8-9,17H2,1-2H3,(H,33,34)(H,35,36). The van der Waals surface area contributed by atoms with Gasteiger partial charge in [-0.05, 0) is 74.7 Å². The average molecular weight is 503 g/mol. The van der Waals surface area contributed by atoms with Gasteiger partial charge < -0.3 is 9.55 Å². The van der Waals surface area contributed by atoms with Crippen molar-refractivity contribution in [3.63, 3.8) is 0 Å². The van der Waals surface area contributed by atoms with E-state index in [1.807, 2.05) is 23.9 Å². The molecule has 1 saturated heterocycles. The molecule has 0 bridgehead atoms. The van der Waals surface area contributed by atoms with Gasteiger partial charge in [-0.3, -0.25) is 15.0 Å². The highest BCUT2D eigenvalue weighted by molar-refractivity contribution is 5.96. The molecule has 0 aliphatic carbocycles. The molecule has 1 aliphatic heterocycles. The summed E-state index contributed by atoms with van der Waals surface area (Å²) in [5.74, 6) is 0.713. The van der Waals surface area contributed by atoms with E-state index in [0.29, 0.717) is 5.82 Å². The van der Waals surface area contributed by atoms with Crippen molar-refractivity contribution in [1.29, 1.82) is 0 Å². The summed E-state index contributed by atoms with van der Waals surface area (Å²) in [6.07, 6.45) is 11.3. The number of aromatic amines is 2. The van der Waals surface area contributed by atoms with E-state index in [2.05, 4.69) is 73.4 Å². The number of nitrogens with one attached hydrogen (secondary N) is 2. The molecule has 1 fully saturated rings. The summed E-state index contributed by atoms with van der Waals surface area (Å²) in [4.78, 5) is 19.7. The van der Waals surface area contributed by atoms with Crippen LogP contribution in [0.3, 0.4) is 0 Å². The monoisotopic (exact) mass is 502 g/mol. The van der Waals surface area contributed by atoms with E-state index in [1.165, 1.54) is 54.6 Å². The number of hydrogen-bond donors (Lipinski definition) is 2. The third-order valence-corrected chi connectivity index (χ3v) is 7.48. The number of nitrogens with zero attached hydrogens (tertiary/aromatic N) is 6. The maximum Gasteiger partial charge on any atom is 0.159 e. The number of H-pyrrole nitrogens is 2. The molecule has 0 amide bonds. The summed E-state index contributed by atoms with van der Waals surface area (Å²) in [7, 11) is 0. The van der Waals surface area contributed by atoms with Crippen LogP contribution < -0.4 is 0 Å². The van der Waals surface area contributed by atoms with Crippen LogP contribution >= 0.6 is 0 Å². The zero-order valence-corrected chi connectivity index (χ0v) is 21.7. The van der Waals surface area contributed by atoms with Crippen molar-refractivity contribution >= 4 is 21.9 Å². The van der Waals surface area contributed by atoms with Gasteiger partial charge in [0.2, 0.25) is 0 Å². The molecule has 5 heterocycles. The van der Waals surface area contributed by atoms with Gasteiger partial charge in [0.25, 0.3) is 0 Å². The minimum Gasteiger partial charge on any atom is -0.335 e. The highest BCUT2D eigenvalue weighted by Crippen LogP contribution is 2.32. The molecular formula is C30H30N8. The highest BCUT2D eigenvalue weighted by Gasteiger charge is 2.17. The summed E-state index contributed by atoms with van der Waals surface area (Å²) >= 11 is 0. The van der Waals surface area contributed by atoms with Crippen LogP contribution in [0, 0.1) is 13.8 Å². The lowest BCUT2D eigenvalue weighted by molar-refractivity contribution is 0.221. The van der Waals surface area contributed by atoms with Crippen molar-refractivity contribution in [2.75, 3.05) is 13.1 Å². The van der Waals surface area contributed by atoms with Gasteiger partial charge in [0.05, 0.1) is 41.1 Å². The van der Waals surface area contributed by atoms with Crippen LogP contribution in [0.25, 0.3) is 50.3 Å². The molecule has 8 heteroatoms. The first-order valence-corrected chi connectivity index (χ1v) is 13.3. The Morgan fingerprint density at radius 3 is 2.66 bits per heavy atom. The third kappa shape index (κ3) is 4.16. The van der Waals surface area contributed by atoms with E-state index in [1.54, 1.807) is 12.5 Å². The van der Waals surface area contributed by atoms with Gasteiger partial charge in [-0.2, -0.15) is 5.10 Å². The summed E-state index contributed by atoms with van der Waals surface area (Å²) in [6.45, 7) is 7.57. The molecule has 0 spiro atoms.